The molecule has 18 heteroatoms. The summed E-state index contributed by atoms with van der Waals surface area (Å²) in [5.41, 5.74) is 18.6. The Hall–Kier alpha value is -14.4. The van der Waals surface area contributed by atoms with Crippen LogP contribution in [0.5, 0.6) is 11.5 Å². The minimum absolute atomic E-state index is 0.727. The molecule has 12 aromatic carbocycles. The summed E-state index contributed by atoms with van der Waals surface area (Å²) < 4.78 is 61.3. The molecule has 0 atom stereocenters. The monoisotopic (exact) mass is 1780 g/mol. The molecule has 0 unspecified atom stereocenters. The van der Waals surface area contributed by atoms with Crippen LogP contribution in [0, 0.1) is 0 Å². The Bertz CT molecular complexity index is 8520. The van der Waals surface area contributed by atoms with Gasteiger partial charge in [-0.15, -0.1) is 0 Å². The summed E-state index contributed by atoms with van der Waals surface area (Å²) in [6.45, 7) is 0. The number of furan rings is 8. The molecule has 0 bridgehead atoms. The summed E-state index contributed by atoms with van der Waals surface area (Å²) >= 11 is 13.5. The van der Waals surface area contributed by atoms with E-state index in [2.05, 4.69) is 279 Å². The highest BCUT2D eigenvalue weighted by atomic mass is 32.1. The molecule has 0 aliphatic heterocycles. The van der Waals surface area contributed by atoms with E-state index in [0.717, 1.165) is 100 Å². The minimum Gasteiger partial charge on any atom is -0.454 e. The number of fused-ring (bicyclic) bond motifs is 24. The van der Waals surface area contributed by atoms with Crippen molar-refractivity contribution in [2.24, 2.45) is 0 Å². The van der Waals surface area contributed by atoms with E-state index >= 15 is 0 Å². The highest BCUT2D eigenvalue weighted by molar-refractivity contribution is 7.28. The smallest absolute Gasteiger partial charge is 0.192 e. The third-order valence-corrected chi connectivity index (χ3v) is 32.4. The van der Waals surface area contributed by atoms with Crippen LogP contribution in [-0.4, -0.2) is 4.98 Å². The predicted molar refractivity (Wildman–Crippen MR) is 535 cm³/mol. The molecule has 0 saturated carbocycles. The lowest BCUT2D eigenvalue weighted by atomic mass is 9.95. The first-order chi connectivity index (χ1) is 62.8. The zero-order chi connectivity index (χ0) is 83.3. The second kappa shape index (κ2) is 30.2. The van der Waals surface area contributed by atoms with Gasteiger partial charge in [-0.25, -0.2) is 4.98 Å². The topological polar surface area (TPSA) is 127 Å². The number of hydrogen-bond acceptors (Lipinski definition) is 18. The first kappa shape index (κ1) is 74.1. The molecule has 0 saturated heterocycles. The summed E-state index contributed by atoms with van der Waals surface area (Å²) in [7, 11) is 0. The van der Waals surface area contributed by atoms with Gasteiger partial charge in [0.15, 0.2) is 50.7 Å². The maximum atomic E-state index is 6.24. The minimum atomic E-state index is 0.727. The zero-order valence-electron chi connectivity index (χ0n) is 66.5. The fourth-order valence-electron chi connectivity index (χ4n) is 17.6. The number of pyridine rings is 1. The Balaban J connectivity index is 0.0000000907. The molecule has 602 valence electrons. The Morgan fingerprint density at radius 2 is 0.402 bits per heavy atom. The van der Waals surface area contributed by atoms with Gasteiger partial charge in [-0.2, -0.15) is 0 Å². The number of aromatic nitrogens is 1. The van der Waals surface area contributed by atoms with Crippen LogP contribution in [0.3, 0.4) is 0 Å². The van der Waals surface area contributed by atoms with Gasteiger partial charge in [0.05, 0.1) is 59.7 Å². The molecule has 127 heavy (non-hydrogen) atoms. The molecule has 0 spiro atoms. The standard InChI is InChI=1S/C32H18O2S2.C31H17NO2S2.C26H14O2S2.C20H10O3S2/c1-3-19(15-21(5-1)23-7-9-29-27(17-23)25-11-13-33-31(25)35-29)20-4-2-6-22(16-20)24-8-10-30-28(18-24)26-12-14-34-32(26)36-30;1-3-18(19-7-9-28-24(16-19)22-11-13-33-30(22)35-28)15-20(4-1)26-5-2-6-27(32-26)21-8-10-29-25(17-21)23-12-14-34-31(23)36-29;1-2-15(17-4-6-23-21(13-17)19-8-10-27-25(19)29-23)12-16(3-1)18-5-7-24-22(14-18)20-9-11-28-26(20)30-24;1-3-7-15-11(5-1)17-13(9-21-19(17)24-15)23-14-10-22-20-18(14)12-6-2-4-8-16(12)25-20/h1-18H;1-17H;1-14H;1-10H. The molecule has 29 aromatic rings. The number of hydrogen-bond donors (Lipinski definition) is 0. The van der Waals surface area contributed by atoms with Gasteiger partial charge in [-0.1, -0.05) is 242 Å². The van der Waals surface area contributed by atoms with E-state index in [0.29, 0.717) is 0 Å². The van der Waals surface area contributed by atoms with Gasteiger partial charge in [0.2, 0.25) is 0 Å². The van der Waals surface area contributed by atoms with Gasteiger partial charge in [-0.05, 0) is 224 Å². The Morgan fingerprint density at radius 3 is 0.709 bits per heavy atom. The summed E-state index contributed by atoms with van der Waals surface area (Å²) in [4.78, 5) is 12.7. The van der Waals surface area contributed by atoms with Crippen molar-refractivity contribution in [1.82, 2.24) is 4.98 Å². The van der Waals surface area contributed by atoms with Crippen LogP contribution in [0.25, 0.3) is 252 Å². The lowest BCUT2D eigenvalue weighted by molar-refractivity contribution is 0.465. The normalized spacial score (nSPS) is 11.9. The van der Waals surface area contributed by atoms with Crippen LogP contribution in [0.4, 0.5) is 0 Å². The molecule has 0 aliphatic rings. The Kier molecular flexibility index (Phi) is 17.6. The van der Waals surface area contributed by atoms with Gasteiger partial charge >= 0.3 is 0 Å². The number of nitrogens with zero attached hydrogens (tertiary/aromatic N) is 1. The quantitative estimate of drug-likeness (QED) is 0.131. The average molecular weight is 1780 g/mol. The van der Waals surface area contributed by atoms with E-state index in [1.807, 2.05) is 30.3 Å². The summed E-state index contributed by atoms with van der Waals surface area (Å²) in [5.74, 6) is 1.45. The fraction of sp³-hybridized carbons (Fsp3) is 0. The second-order valence-corrected chi connectivity index (χ2v) is 39.3. The van der Waals surface area contributed by atoms with Crippen molar-refractivity contribution in [2.45, 2.75) is 0 Å². The average Bonchev–Trinajstić information content (AvgIpc) is 1.58. The number of thiophene rings is 8. The van der Waals surface area contributed by atoms with E-state index in [1.165, 1.54) is 164 Å². The Morgan fingerprint density at radius 1 is 0.173 bits per heavy atom. The lowest BCUT2D eigenvalue weighted by Crippen LogP contribution is -1.88. The van der Waals surface area contributed by atoms with Crippen molar-refractivity contribution in [1.29, 1.82) is 0 Å². The predicted octanol–water partition coefficient (Wildman–Crippen LogP) is 37.0. The third-order valence-electron chi connectivity index (χ3n) is 23.8. The summed E-state index contributed by atoms with van der Waals surface area (Å²) in [6.07, 6.45) is 14.0. The maximum Gasteiger partial charge on any atom is 0.192 e. The molecule has 0 radical (unpaired) electrons. The fourth-order valence-corrected chi connectivity index (χ4v) is 25.7. The Labute approximate surface area is 752 Å². The highest BCUT2D eigenvalue weighted by Crippen LogP contribution is 2.50. The van der Waals surface area contributed by atoms with Crippen molar-refractivity contribution in [3.8, 4) is 101 Å². The van der Waals surface area contributed by atoms with Crippen molar-refractivity contribution in [3.05, 3.63) is 359 Å². The summed E-state index contributed by atoms with van der Waals surface area (Å²) in [6, 6.07) is 110. The first-order valence-corrected chi connectivity index (χ1v) is 47.6. The molecule has 17 heterocycles. The van der Waals surface area contributed by atoms with Gasteiger partial charge in [-0.3, -0.25) is 0 Å². The zero-order valence-corrected chi connectivity index (χ0v) is 73.0. The molecule has 29 rings (SSSR count). The molecular formula is C109H59NO9S8. The van der Waals surface area contributed by atoms with Crippen molar-refractivity contribution in [3.63, 3.8) is 0 Å². The van der Waals surface area contributed by atoms with E-state index in [-0.39, 0.29) is 0 Å². The molecule has 17 aromatic heterocycles. The maximum absolute atomic E-state index is 6.24. The largest absolute Gasteiger partial charge is 0.454 e. The van der Waals surface area contributed by atoms with E-state index in [1.54, 1.807) is 141 Å². The molecule has 0 aliphatic carbocycles. The van der Waals surface area contributed by atoms with Crippen LogP contribution in [0.15, 0.2) is 395 Å². The van der Waals surface area contributed by atoms with E-state index in [4.69, 9.17) is 45.1 Å². The molecular weight excluding hydrogens is 1720 g/mol. The highest BCUT2D eigenvalue weighted by Gasteiger charge is 2.23. The number of rotatable bonds is 10. The van der Waals surface area contributed by atoms with Crippen LogP contribution in [0.1, 0.15) is 0 Å². The van der Waals surface area contributed by atoms with E-state index < -0.39 is 0 Å². The van der Waals surface area contributed by atoms with Gasteiger partial charge < -0.3 is 40.1 Å². The van der Waals surface area contributed by atoms with Gasteiger partial charge in [0.25, 0.3) is 0 Å². The van der Waals surface area contributed by atoms with Gasteiger partial charge in [0, 0.05) is 124 Å². The van der Waals surface area contributed by atoms with Crippen LogP contribution in [-0.2, 0) is 0 Å². The van der Waals surface area contributed by atoms with Crippen molar-refractivity contribution >= 4 is 254 Å². The van der Waals surface area contributed by atoms with Crippen LogP contribution in [0.2, 0.25) is 0 Å². The number of ether oxygens (including phenoxy) is 1. The van der Waals surface area contributed by atoms with Crippen LogP contribution < -0.4 is 4.74 Å². The lowest BCUT2D eigenvalue weighted by Gasteiger charge is -2.09. The second-order valence-electron chi connectivity index (χ2n) is 31.2. The molecule has 0 N–H and O–H groups in total. The molecule has 0 amide bonds. The van der Waals surface area contributed by atoms with Crippen molar-refractivity contribution < 1.29 is 40.1 Å². The molecule has 0 fully saturated rings. The van der Waals surface area contributed by atoms with Gasteiger partial charge in [0.1, 0.15) is 12.5 Å². The SMILES string of the molecule is c1cc(-c2ccc3sc4occc4c3c2)cc(-c2ccc3sc4occc4c3c2)c1.c1cc(-c2ccc3sc4occc4c3c2)cc(-c2cccc(-c3ccc4sc5occc5c4c3)n2)c1.c1cc(-c2cccc(-c3ccc4sc5occc5c4c3)c2)cc(-c2ccc3sc4occc4c3c2)c1.c1ccc2c(c1)sc1occ(Oc3coc4sc5ccccc5c34)c12. The molecule has 10 nitrogen and oxygen atoms in total. The number of benzene rings is 12. The summed E-state index contributed by atoms with van der Waals surface area (Å²) in [5, 5.41) is 18.9. The first-order valence-electron chi connectivity index (χ1n) is 41.1. The van der Waals surface area contributed by atoms with E-state index in [9.17, 15) is 0 Å². The van der Waals surface area contributed by atoms with Crippen LogP contribution >= 0.6 is 90.7 Å². The van der Waals surface area contributed by atoms with Crippen molar-refractivity contribution in [2.75, 3.05) is 0 Å². The third kappa shape index (κ3) is 13.0.